The minimum Gasteiger partial charge on any atom is -0.475 e. The van der Waals surface area contributed by atoms with Crippen LogP contribution in [0, 0.1) is 0 Å². The smallest absolute Gasteiger partial charge is 0.475 e. The lowest BCUT2D eigenvalue weighted by molar-refractivity contribution is -0.192. The van der Waals surface area contributed by atoms with E-state index >= 15 is 0 Å². The number of carbonyl (C=O) groups is 2. The number of carbonyl (C=O) groups excluding carboxylic acids is 1. The van der Waals surface area contributed by atoms with E-state index in [4.69, 9.17) is 20.6 Å². The van der Waals surface area contributed by atoms with Crippen molar-refractivity contribution in [3.8, 4) is 0 Å². The topological polar surface area (TPSA) is 134 Å². The zero-order valence-corrected chi connectivity index (χ0v) is 17.0. The molecule has 4 N–H and O–H groups in total. The van der Waals surface area contributed by atoms with Crippen LogP contribution in [0.5, 0.6) is 0 Å². The Bertz CT molecular complexity index is 1110. The fraction of sp³-hybridized carbons (Fsp3) is 0.190. The number of alkyl halides is 3. The van der Waals surface area contributed by atoms with E-state index in [-0.39, 0.29) is 5.92 Å². The number of rotatable bonds is 3. The monoisotopic (exact) mass is 460 g/mol. The highest BCUT2D eigenvalue weighted by Gasteiger charge is 2.38. The number of urea groups is 1. The van der Waals surface area contributed by atoms with Crippen LogP contribution in [0.25, 0.3) is 0 Å². The summed E-state index contributed by atoms with van der Waals surface area (Å²) in [6.07, 6.45) is 0.0983. The number of aromatic nitrogens is 3. The Labute approximate surface area is 186 Å². The number of hydrogen-bond donors (Lipinski definition) is 3. The van der Waals surface area contributed by atoms with Crippen LogP contribution in [0.3, 0.4) is 0 Å². The Balaban J connectivity index is 0.000000383. The van der Waals surface area contributed by atoms with Gasteiger partial charge in [-0.15, -0.1) is 0 Å². The van der Waals surface area contributed by atoms with Gasteiger partial charge in [-0.2, -0.15) is 13.2 Å². The van der Waals surface area contributed by atoms with Crippen molar-refractivity contribution in [1.82, 2.24) is 19.9 Å². The van der Waals surface area contributed by atoms with Gasteiger partial charge in [-0.25, -0.2) is 19.6 Å². The number of hydrogen-bond acceptors (Lipinski definition) is 6. The summed E-state index contributed by atoms with van der Waals surface area (Å²) in [5.74, 6) is -2.30. The molecule has 0 bridgehead atoms. The summed E-state index contributed by atoms with van der Waals surface area (Å²) in [6.45, 7) is 0.914. The fourth-order valence-electron chi connectivity index (χ4n) is 3.16. The Kier molecular flexibility index (Phi) is 7.06. The van der Waals surface area contributed by atoms with Gasteiger partial charge >= 0.3 is 18.2 Å². The van der Waals surface area contributed by atoms with Crippen molar-refractivity contribution >= 4 is 23.6 Å². The van der Waals surface area contributed by atoms with Crippen LogP contribution in [0.1, 0.15) is 22.7 Å². The van der Waals surface area contributed by atoms with E-state index in [2.05, 4.69) is 15.3 Å². The van der Waals surface area contributed by atoms with E-state index in [1.54, 1.807) is 23.5 Å². The molecule has 2 amide bonds. The molecule has 12 heteroatoms. The zero-order chi connectivity index (χ0) is 24.0. The summed E-state index contributed by atoms with van der Waals surface area (Å²) < 4.78 is 31.7. The van der Waals surface area contributed by atoms with Gasteiger partial charge in [0, 0.05) is 30.4 Å². The Morgan fingerprint density at radius 3 is 2.39 bits per heavy atom. The van der Waals surface area contributed by atoms with Gasteiger partial charge in [-0.05, 0) is 17.7 Å². The molecule has 0 saturated carbocycles. The molecule has 1 aromatic carbocycles. The Morgan fingerprint density at radius 1 is 1.12 bits per heavy atom. The maximum Gasteiger partial charge on any atom is 0.490 e. The average Bonchev–Trinajstić information content (AvgIpc) is 2.79. The molecule has 0 saturated heterocycles. The van der Waals surface area contributed by atoms with Gasteiger partial charge in [0.2, 0.25) is 5.95 Å². The number of aliphatic carboxylic acids is 1. The molecule has 4 rings (SSSR count). The number of benzene rings is 1. The highest BCUT2D eigenvalue weighted by molar-refractivity contribution is 5.73. The third-order valence-corrected chi connectivity index (χ3v) is 4.67. The second-order valence-corrected chi connectivity index (χ2v) is 6.96. The van der Waals surface area contributed by atoms with Crippen LogP contribution in [-0.2, 0) is 11.3 Å². The Morgan fingerprint density at radius 2 is 1.82 bits per heavy atom. The van der Waals surface area contributed by atoms with Crippen LogP contribution in [0.4, 0.5) is 29.6 Å². The number of anilines is 2. The highest BCUT2D eigenvalue weighted by Crippen LogP contribution is 2.32. The van der Waals surface area contributed by atoms with Gasteiger partial charge in [0.05, 0.1) is 24.1 Å². The van der Waals surface area contributed by atoms with E-state index in [0.29, 0.717) is 19.0 Å². The lowest BCUT2D eigenvalue weighted by Crippen LogP contribution is -2.42. The van der Waals surface area contributed by atoms with E-state index in [0.717, 1.165) is 22.5 Å². The molecular weight excluding hydrogens is 441 g/mol. The average molecular weight is 460 g/mol. The maximum absolute atomic E-state index is 11.7. The van der Waals surface area contributed by atoms with E-state index in [9.17, 15) is 18.0 Å². The second kappa shape index (κ2) is 9.94. The van der Waals surface area contributed by atoms with E-state index in [1.165, 1.54) is 0 Å². The normalized spacial score (nSPS) is 15.0. The van der Waals surface area contributed by atoms with Gasteiger partial charge in [0.1, 0.15) is 0 Å². The quantitative estimate of drug-likeness (QED) is 0.546. The molecule has 3 aromatic rings. The standard InChI is InChI=1S/C19H18N6O.C2HF3O2/c20-18(26)25-11-14-9-22-19(23-15-7-4-8-21-10-15)24-17(14)16(12-25)13-5-2-1-3-6-13;3-2(4,5)1(6)7/h1-10,16H,11-12H2,(H2,20,26)(H,22,23,24);(H,6,7). The molecular formula is C21H19F3N6O3. The minimum absolute atomic E-state index is 0.0510. The van der Waals surface area contributed by atoms with Crippen LogP contribution < -0.4 is 11.1 Å². The highest BCUT2D eigenvalue weighted by atomic mass is 19.4. The van der Waals surface area contributed by atoms with Crippen molar-refractivity contribution in [2.45, 2.75) is 18.6 Å². The number of halogens is 3. The van der Waals surface area contributed by atoms with Crippen LogP contribution in [-0.4, -0.2) is 49.7 Å². The lowest BCUT2D eigenvalue weighted by Gasteiger charge is -2.33. The molecule has 0 fully saturated rings. The summed E-state index contributed by atoms with van der Waals surface area (Å²) in [7, 11) is 0. The summed E-state index contributed by atoms with van der Waals surface area (Å²) in [6, 6.07) is 13.3. The van der Waals surface area contributed by atoms with Crippen molar-refractivity contribution in [2.75, 3.05) is 11.9 Å². The Hall–Kier alpha value is -4.22. The van der Waals surface area contributed by atoms with Crippen LogP contribution >= 0.6 is 0 Å². The first-order valence-corrected chi connectivity index (χ1v) is 9.57. The molecule has 1 aliphatic rings. The number of carboxylic acids is 1. The van der Waals surface area contributed by atoms with Gasteiger partial charge in [0.25, 0.3) is 0 Å². The maximum atomic E-state index is 11.7. The zero-order valence-electron chi connectivity index (χ0n) is 17.0. The van der Waals surface area contributed by atoms with Crippen molar-refractivity contribution in [3.63, 3.8) is 0 Å². The van der Waals surface area contributed by atoms with Gasteiger partial charge in [-0.3, -0.25) is 4.98 Å². The number of nitrogens with zero attached hydrogens (tertiary/aromatic N) is 4. The molecule has 0 aliphatic carbocycles. The molecule has 1 aliphatic heterocycles. The molecule has 3 heterocycles. The second-order valence-electron chi connectivity index (χ2n) is 6.96. The van der Waals surface area contributed by atoms with Crippen molar-refractivity contribution < 1.29 is 27.9 Å². The van der Waals surface area contributed by atoms with Crippen molar-refractivity contribution in [1.29, 1.82) is 0 Å². The molecule has 33 heavy (non-hydrogen) atoms. The first-order chi connectivity index (χ1) is 15.6. The molecule has 0 spiro atoms. The summed E-state index contributed by atoms with van der Waals surface area (Å²) in [5.41, 5.74) is 9.25. The number of nitrogens with one attached hydrogen (secondary N) is 1. The summed E-state index contributed by atoms with van der Waals surface area (Å²) >= 11 is 0. The molecule has 2 aromatic heterocycles. The van der Waals surface area contributed by atoms with E-state index in [1.807, 2.05) is 42.5 Å². The fourth-order valence-corrected chi connectivity index (χ4v) is 3.16. The number of primary amides is 1. The van der Waals surface area contributed by atoms with Crippen molar-refractivity contribution in [3.05, 3.63) is 77.9 Å². The van der Waals surface area contributed by atoms with Crippen LogP contribution in [0.15, 0.2) is 61.1 Å². The summed E-state index contributed by atoms with van der Waals surface area (Å²) in [4.78, 5) is 35.5. The first-order valence-electron chi connectivity index (χ1n) is 9.57. The number of carboxylic acid groups (broad SMARTS) is 1. The van der Waals surface area contributed by atoms with Gasteiger partial charge in [-0.1, -0.05) is 30.3 Å². The SMILES string of the molecule is NC(=O)N1Cc2cnc(Nc3cccnc3)nc2C(c2ccccc2)C1.O=C(O)C(F)(F)F. The molecule has 1 unspecified atom stereocenters. The predicted octanol–water partition coefficient (Wildman–Crippen LogP) is 3.27. The van der Waals surface area contributed by atoms with E-state index < -0.39 is 18.2 Å². The largest absolute Gasteiger partial charge is 0.490 e. The third-order valence-electron chi connectivity index (χ3n) is 4.67. The van der Waals surface area contributed by atoms with Crippen LogP contribution in [0.2, 0.25) is 0 Å². The third kappa shape index (κ3) is 6.15. The van der Waals surface area contributed by atoms with Gasteiger partial charge in [0.15, 0.2) is 0 Å². The predicted molar refractivity (Wildman–Crippen MR) is 112 cm³/mol. The minimum atomic E-state index is -5.08. The molecule has 1 atom stereocenters. The van der Waals surface area contributed by atoms with Crippen molar-refractivity contribution in [2.24, 2.45) is 5.73 Å². The number of amides is 2. The lowest BCUT2D eigenvalue weighted by atomic mass is 9.89. The van der Waals surface area contributed by atoms with Gasteiger partial charge < -0.3 is 21.1 Å². The molecule has 9 nitrogen and oxygen atoms in total. The first kappa shape index (κ1) is 23.4. The number of fused-ring (bicyclic) bond motifs is 1. The number of pyridine rings is 1. The molecule has 0 radical (unpaired) electrons. The summed E-state index contributed by atoms with van der Waals surface area (Å²) in [5, 5.41) is 10.3. The number of nitrogens with two attached hydrogens (primary N) is 1. The molecule has 172 valence electrons.